The van der Waals surface area contributed by atoms with Crippen molar-refractivity contribution in [1.82, 2.24) is 9.38 Å². The summed E-state index contributed by atoms with van der Waals surface area (Å²) in [6, 6.07) is 18.9. The van der Waals surface area contributed by atoms with Gasteiger partial charge in [-0.25, -0.2) is 4.98 Å². The lowest BCUT2D eigenvalue weighted by molar-refractivity contribution is 1.28. The van der Waals surface area contributed by atoms with Crippen molar-refractivity contribution in [3.63, 3.8) is 0 Å². The average molecular weight is 344 g/mol. The zero-order valence-corrected chi connectivity index (χ0v) is 11.6. The first-order valence-corrected chi connectivity index (χ1v) is 6.87. The maximum Gasteiger partial charge on any atom is 0.151 e. The van der Waals surface area contributed by atoms with E-state index in [-0.39, 0.29) is 0 Å². The van der Waals surface area contributed by atoms with Crippen molar-refractivity contribution in [2.45, 2.75) is 0 Å². The highest BCUT2D eigenvalue weighted by molar-refractivity contribution is 14.1. The molecule has 2 aromatic carbocycles. The number of benzene rings is 2. The molecule has 0 atom stereocenters. The first kappa shape index (κ1) is 10.3. The molecule has 86 valence electrons. The summed E-state index contributed by atoms with van der Waals surface area (Å²) in [7, 11) is 0. The van der Waals surface area contributed by atoms with Crippen LogP contribution in [0.2, 0.25) is 0 Å². The molecule has 0 N–H and O–H groups in total. The number of aromatic nitrogens is 2. The van der Waals surface area contributed by atoms with E-state index in [1.165, 1.54) is 20.0 Å². The number of hydrogen-bond acceptors (Lipinski definition) is 1. The van der Waals surface area contributed by atoms with Crippen LogP contribution < -0.4 is 0 Å². The van der Waals surface area contributed by atoms with Gasteiger partial charge in [0.15, 0.2) is 5.65 Å². The molecule has 4 aromatic rings. The van der Waals surface area contributed by atoms with E-state index in [4.69, 9.17) is 4.98 Å². The smallest absolute Gasteiger partial charge is 0.151 e. The van der Waals surface area contributed by atoms with E-state index >= 15 is 0 Å². The molecule has 0 saturated heterocycles. The van der Waals surface area contributed by atoms with Crippen LogP contribution in [0, 0.1) is 3.57 Å². The molecule has 0 amide bonds. The number of pyridine rings is 1. The summed E-state index contributed by atoms with van der Waals surface area (Å²) in [6.07, 6.45) is 0. The molecule has 0 bridgehead atoms. The lowest BCUT2D eigenvalue weighted by Gasteiger charge is -2.04. The summed E-state index contributed by atoms with van der Waals surface area (Å²) in [4.78, 5) is 4.72. The molecule has 18 heavy (non-hydrogen) atoms. The van der Waals surface area contributed by atoms with Crippen LogP contribution in [0.4, 0.5) is 0 Å². The number of nitrogens with zero attached hydrogens (tertiary/aromatic N) is 2. The average Bonchev–Trinajstić information content (AvgIpc) is 2.79. The lowest BCUT2D eigenvalue weighted by atomic mass is 10.2. The summed E-state index contributed by atoms with van der Waals surface area (Å²) >= 11 is 2.36. The maximum absolute atomic E-state index is 4.72. The first-order chi connectivity index (χ1) is 8.84. The van der Waals surface area contributed by atoms with Gasteiger partial charge in [-0.3, -0.25) is 4.40 Å². The van der Waals surface area contributed by atoms with Crippen molar-refractivity contribution in [2.24, 2.45) is 0 Å². The van der Waals surface area contributed by atoms with Gasteiger partial charge < -0.3 is 0 Å². The predicted octanol–water partition coefficient (Wildman–Crippen LogP) is 4.25. The highest BCUT2D eigenvalue weighted by Gasteiger charge is 2.09. The van der Waals surface area contributed by atoms with Crippen molar-refractivity contribution in [2.75, 3.05) is 0 Å². The van der Waals surface area contributed by atoms with Crippen molar-refractivity contribution in [3.8, 4) is 0 Å². The van der Waals surface area contributed by atoms with Crippen LogP contribution in [-0.4, -0.2) is 9.38 Å². The van der Waals surface area contributed by atoms with Crippen LogP contribution in [0.1, 0.15) is 0 Å². The van der Waals surface area contributed by atoms with Crippen LogP contribution in [0.25, 0.3) is 27.6 Å². The predicted molar refractivity (Wildman–Crippen MR) is 82.9 cm³/mol. The van der Waals surface area contributed by atoms with Crippen LogP contribution >= 0.6 is 22.6 Å². The molecule has 0 radical (unpaired) electrons. The molecular weight excluding hydrogens is 335 g/mol. The Labute approximate surface area is 117 Å². The quantitative estimate of drug-likeness (QED) is 0.436. The zero-order chi connectivity index (χ0) is 12.1. The van der Waals surface area contributed by atoms with Gasteiger partial charge in [-0.1, -0.05) is 30.3 Å². The third-order valence-corrected chi connectivity index (χ3v) is 4.03. The fraction of sp³-hybridized carbons (Fsp3) is 0. The number of para-hydroxylation sites is 3. The molecule has 2 heterocycles. The number of imidazole rings is 1. The van der Waals surface area contributed by atoms with Crippen molar-refractivity contribution < 1.29 is 0 Å². The molecular formula is C15H9IN2. The molecule has 2 nitrogen and oxygen atoms in total. The normalized spacial score (nSPS) is 11.6. The Kier molecular flexibility index (Phi) is 2.11. The van der Waals surface area contributed by atoms with Gasteiger partial charge in [-0.15, -0.1) is 0 Å². The third kappa shape index (κ3) is 1.31. The van der Waals surface area contributed by atoms with Gasteiger partial charge in [0.25, 0.3) is 0 Å². The minimum Gasteiger partial charge on any atom is -0.291 e. The second-order valence-electron chi connectivity index (χ2n) is 4.31. The van der Waals surface area contributed by atoms with Gasteiger partial charge in [0, 0.05) is 0 Å². The van der Waals surface area contributed by atoms with Crippen molar-refractivity contribution >= 4 is 50.2 Å². The standard InChI is InChI=1S/C15H9IN2/c16-11-9-10-5-1-3-7-13(10)18-14-8-4-2-6-12(14)17-15(11)18/h1-9H. The lowest BCUT2D eigenvalue weighted by Crippen LogP contribution is -1.90. The molecule has 2 aromatic heterocycles. The number of hydrogen-bond donors (Lipinski definition) is 0. The zero-order valence-electron chi connectivity index (χ0n) is 9.47. The Morgan fingerprint density at radius 1 is 0.889 bits per heavy atom. The Hall–Kier alpha value is -1.62. The molecule has 0 spiro atoms. The highest BCUT2D eigenvalue weighted by atomic mass is 127. The fourth-order valence-corrected chi connectivity index (χ4v) is 3.14. The molecule has 0 fully saturated rings. The Morgan fingerprint density at radius 2 is 1.61 bits per heavy atom. The van der Waals surface area contributed by atoms with Crippen molar-refractivity contribution in [3.05, 3.63) is 58.2 Å². The van der Waals surface area contributed by atoms with Gasteiger partial charge in [0.05, 0.1) is 20.1 Å². The van der Waals surface area contributed by atoms with E-state index in [0.717, 1.165) is 11.2 Å². The topological polar surface area (TPSA) is 17.3 Å². The molecule has 0 aliphatic rings. The monoisotopic (exact) mass is 344 g/mol. The molecule has 4 rings (SSSR count). The van der Waals surface area contributed by atoms with E-state index in [1.54, 1.807) is 0 Å². The molecule has 0 aliphatic carbocycles. The summed E-state index contributed by atoms with van der Waals surface area (Å²) < 4.78 is 3.43. The van der Waals surface area contributed by atoms with E-state index < -0.39 is 0 Å². The Morgan fingerprint density at radius 3 is 2.50 bits per heavy atom. The SMILES string of the molecule is Ic1cc2ccccc2n2c1nc1ccccc12. The van der Waals surface area contributed by atoms with Crippen LogP contribution in [-0.2, 0) is 0 Å². The number of halogens is 1. The number of rotatable bonds is 0. The second-order valence-corrected chi connectivity index (χ2v) is 5.47. The Bertz CT molecular complexity index is 893. The van der Waals surface area contributed by atoms with E-state index in [0.29, 0.717) is 0 Å². The Balaban J connectivity index is 2.41. The van der Waals surface area contributed by atoms with Crippen LogP contribution in [0.3, 0.4) is 0 Å². The molecule has 3 heteroatoms. The second kappa shape index (κ2) is 3.68. The molecule has 0 saturated carbocycles. The van der Waals surface area contributed by atoms with Crippen LogP contribution in [0.15, 0.2) is 54.6 Å². The number of fused-ring (bicyclic) bond motifs is 5. The minimum absolute atomic E-state index is 1.04. The summed E-state index contributed by atoms with van der Waals surface area (Å²) in [5.74, 6) is 0. The molecule has 0 aliphatic heterocycles. The fourth-order valence-electron chi connectivity index (χ4n) is 2.44. The van der Waals surface area contributed by atoms with Crippen LogP contribution in [0.5, 0.6) is 0 Å². The third-order valence-electron chi connectivity index (χ3n) is 3.23. The summed E-state index contributed by atoms with van der Waals surface area (Å²) in [5.41, 5.74) is 4.46. The van der Waals surface area contributed by atoms with Gasteiger partial charge >= 0.3 is 0 Å². The maximum atomic E-state index is 4.72. The van der Waals surface area contributed by atoms with Crippen molar-refractivity contribution in [1.29, 1.82) is 0 Å². The minimum atomic E-state index is 1.04. The van der Waals surface area contributed by atoms with E-state index in [9.17, 15) is 0 Å². The highest BCUT2D eigenvalue weighted by Crippen LogP contribution is 2.26. The summed E-state index contributed by atoms with van der Waals surface area (Å²) in [5, 5.41) is 1.25. The first-order valence-electron chi connectivity index (χ1n) is 5.79. The van der Waals surface area contributed by atoms with Gasteiger partial charge in [-0.05, 0) is 52.2 Å². The van der Waals surface area contributed by atoms with Gasteiger partial charge in [0.1, 0.15) is 0 Å². The van der Waals surface area contributed by atoms with Gasteiger partial charge in [-0.2, -0.15) is 0 Å². The summed E-state index contributed by atoms with van der Waals surface area (Å²) in [6.45, 7) is 0. The van der Waals surface area contributed by atoms with E-state index in [2.05, 4.69) is 75.5 Å². The van der Waals surface area contributed by atoms with Gasteiger partial charge in [0.2, 0.25) is 0 Å². The van der Waals surface area contributed by atoms with E-state index in [1.807, 2.05) is 6.07 Å². The largest absolute Gasteiger partial charge is 0.291 e. The molecule has 0 unspecified atom stereocenters.